The number of rotatable bonds is 6. The third-order valence-electron chi connectivity index (χ3n) is 5.71. The van der Waals surface area contributed by atoms with E-state index in [0.29, 0.717) is 18.9 Å². The Bertz CT molecular complexity index is 1250. The van der Waals surface area contributed by atoms with Crippen LogP contribution in [-0.2, 0) is 16.1 Å². The van der Waals surface area contributed by atoms with Crippen LogP contribution in [0.5, 0.6) is 0 Å². The molecule has 2 heterocycles. The number of likely N-dealkylation sites (tertiary alicyclic amines) is 1. The second-order valence-corrected chi connectivity index (χ2v) is 8.17. The third kappa shape index (κ3) is 5.86. The molecular weight excluding hydrogens is 458 g/mol. The summed E-state index contributed by atoms with van der Waals surface area (Å²) in [7, 11) is 0. The SMILES string of the molecule is Cc1ccccc1Nc1nc(N)nc(COC(=O)C2CCN(C(=O)c3ccc(F)cc3F)CC2)n1. The first-order valence-corrected chi connectivity index (χ1v) is 11.0. The minimum absolute atomic E-state index is 0.0121. The van der Waals surface area contributed by atoms with Gasteiger partial charge in [-0.05, 0) is 43.5 Å². The van der Waals surface area contributed by atoms with Gasteiger partial charge in [0.15, 0.2) is 12.4 Å². The number of carbonyl (C=O) groups is 2. The number of para-hydroxylation sites is 1. The van der Waals surface area contributed by atoms with Crippen molar-refractivity contribution >= 4 is 29.5 Å². The van der Waals surface area contributed by atoms with E-state index in [1.807, 2.05) is 31.2 Å². The predicted octanol–water partition coefficient (Wildman–Crippen LogP) is 3.38. The number of carbonyl (C=O) groups excluding carboxylic acids is 2. The zero-order valence-corrected chi connectivity index (χ0v) is 19.0. The Morgan fingerprint density at radius 3 is 2.57 bits per heavy atom. The minimum atomic E-state index is -0.913. The Hall–Kier alpha value is -4.15. The molecule has 1 fully saturated rings. The summed E-state index contributed by atoms with van der Waals surface area (Å²) >= 11 is 0. The Morgan fingerprint density at radius 2 is 1.86 bits per heavy atom. The molecule has 1 aromatic heterocycles. The molecule has 4 rings (SSSR count). The van der Waals surface area contributed by atoms with Crippen LogP contribution in [-0.4, -0.2) is 44.8 Å². The highest BCUT2D eigenvalue weighted by molar-refractivity contribution is 5.94. The number of hydrogen-bond acceptors (Lipinski definition) is 8. The van der Waals surface area contributed by atoms with Gasteiger partial charge in [-0.15, -0.1) is 0 Å². The molecule has 1 aliphatic rings. The molecule has 0 bridgehead atoms. The lowest BCUT2D eigenvalue weighted by molar-refractivity contribution is -0.151. The number of anilines is 3. The standard InChI is InChI=1S/C24H24F2N6O3/c1-14-4-2-3-5-19(14)28-24-30-20(29-23(27)31-24)13-35-22(34)15-8-10-32(11-9-15)21(33)17-7-6-16(25)12-18(17)26/h2-7,12,15H,8-11,13H2,1H3,(H3,27,28,29,30,31). The molecule has 3 aromatic rings. The highest BCUT2D eigenvalue weighted by Gasteiger charge is 2.30. The van der Waals surface area contributed by atoms with Crippen molar-refractivity contribution in [2.45, 2.75) is 26.4 Å². The summed E-state index contributed by atoms with van der Waals surface area (Å²) in [5, 5.41) is 3.07. The van der Waals surface area contributed by atoms with Crippen LogP contribution in [0, 0.1) is 24.5 Å². The monoisotopic (exact) mass is 482 g/mol. The van der Waals surface area contributed by atoms with E-state index < -0.39 is 29.4 Å². The van der Waals surface area contributed by atoms with Crippen molar-refractivity contribution in [1.29, 1.82) is 0 Å². The number of nitrogens with zero attached hydrogens (tertiary/aromatic N) is 4. The van der Waals surface area contributed by atoms with E-state index in [2.05, 4.69) is 20.3 Å². The van der Waals surface area contributed by atoms with Crippen LogP contribution in [0.1, 0.15) is 34.6 Å². The molecular formula is C24H24F2N6O3. The van der Waals surface area contributed by atoms with Gasteiger partial charge in [0.1, 0.15) is 11.6 Å². The summed E-state index contributed by atoms with van der Waals surface area (Å²) in [4.78, 5) is 38.9. The maximum atomic E-state index is 13.9. The number of nitrogen functional groups attached to an aromatic ring is 1. The van der Waals surface area contributed by atoms with Crippen LogP contribution < -0.4 is 11.1 Å². The molecule has 182 valence electrons. The Balaban J connectivity index is 1.31. The van der Waals surface area contributed by atoms with Crippen molar-refractivity contribution in [3.63, 3.8) is 0 Å². The molecule has 9 nitrogen and oxygen atoms in total. The van der Waals surface area contributed by atoms with Gasteiger partial charge in [-0.25, -0.2) is 8.78 Å². The van der Waals surface area contributed by atoms with E-state index in [0.717, 1.165) is 23.4 Å². The molecule has 1 aliphatic heterocycles. The number of aromatic nitrogens is 3. The first-order valence-electron chi connectivity index (χ1n) is 11.0. The lowest BCUT2D eigenvalue weighted by atomic mass is 9.96. The lowest BCUT2D eigenvalue weighted by Gasteiger charge is -2.31. The summed E-state index contributed by atoms with van der Waals surface area (Å²) in [5.41, 5.74) is 7.38. The van der Waals surface area contributed by atoms with E-state index in [1.165, 1.54) is 4.90 Å². The summed E-state index contributed by atoms with van der Waals surface area (Å²) in [5.74, 6) is -2.66. The number of aryl methyl sites for hydroxylation is 1. The summed E-state index contributed by atoms with van der Waals surface area (Å²) in [6.07, 6.45) is 0.708. The van der Waals surface area contributed by atoms with E-state index in [9.17, 15) is 18.4 Å². The second-order valence-electron chi connectivity index (χ2n) is 8.17. The number of piperidine rings is 1. The Labute approximate surface area is 200 Å². The first kappa shape index (κ1) is 24.0. The van der Waals surface area contributed by atoms with Gasteiger partial charge in [-0.1, -0.05) is 18.2 Å². The van der Waals surface area contributed by atoms with Crippen LogP contribution in [0.4, 0.5) is 26.4 Å². The van der Waals surface area contributed by atoms with Crippen molar-refractivity contribution in [2.75, 3.05) is 24.1 Å². The lowest BCUT2D eigenvalue weighted by Crippen LogP contribution is -2.41. The molecule has 0 spiro atoms. The van der Waals surface area contributed by atoms with Gasteiger partial charge in [-0.3, -0.25) is 9.59 Å². The van der Waals surface area contributed by atoms with Crippen LogP contribution in [0.3, 0.4) is 0 Å². The number of benzene rings is 2. The molecule has 0 atom stereocenters. The van der Waals surface area contributed by atoms with E-state index >= 15 is 0 Å². The predicted molar refractivity (Wildman–Crippen MR) is 123 cm³/mol. The number of amides is 1. The van der Waals surface area contributed by atoms with Gasteiger partial charge < -0.3 is 20.7 Å². The fourth-order valence-electron chi connectivity index (χ4n) is 3.80. The molecule has 2 aromatic carbocycles. The maximum absolute atomic E-state index is 13.9. The molecule has 0 unspecified atom stereocenters. The molecule has 0 saturated carbocycles. The van der Waals surface area contributed by atoms with Gasteiger partial charge in [0.05, 0.1) is 11.5 Å². The average Bonchev–Trinajstić information content (AvgIpc) is 2.83. The molecule has 1 saturated heterocycles. The fraction of sp³-hybridized carbons (Fsp3) is 0.292. The normalized spacial score (nSPS) is 14.0. The number of nitrogens with two attached hydrogens (primary N) is 1. The van der Waals surface area contributed by atoms with Crippen LogP contribution in [0.25, 0.3) is 0 Å². The number of esters is 1. The number of halogens is 2. The molecule has 0 aliphatic carbocycles. The van der Waals surface area contributed by atoms with Crippen molar-refractivity contribution in [3.05, 3.63) is 71.1 Å². The second kappa shape index (κ2) is 10.4. The molecule has 11 heteroatoms. The Morgan fingerprint density at radius 1 is 1.11 bits per heavy atom. The summed E-state index contributed by atoms with van der Waals surface area (Å²) in [6.45, 7) is 2.25. The van der Waals surface area contributed by atoms with Gasteiger partial charge in [-0.2, -0.15) is 15.0 Å². The smallest absolute Gasteiger partial charge is 0.309 e. The van der Waals surface area contributed by atoms with Gasteiger partial charge in [0, 0.05) is 24.8 Å². The molecule has 3 N–H and O–H groups in total. The third-order valence-corrected chi connectivity index (χ3v) is 5.71. The van der Waals surface area contributed by atoms with E-state index in [4.69, 9.17) is 10.5 Å². The minimum Gasteiger partial charge on any atom is -0.457 e. The number of ether oxygens (including phenoxy) is 1. The van der Waals surface area contributed by atoms with E-state index in [1.54, 1.807) is 0 Å². The molecule has 1 amide bonds. The maximum Gasteiger partial charge on any atom is 0.309 e. The molecule has 35 heavy (non-hydrogen) atoms. The van der Waals surface area contributed by atoms with Crippen molar-refractivity contribution in [3.8, 4) is 0 Å². The summed E-state index contributed by atoms with van der Waals surface area (Å²) in [6, 6.07) is 10.4. The number of nitrogens with one attached hydrogen (secondary N) is 1. The van der Waals surface area contributed by atoms with Crippen molar-refractivity contribution in [2.24, 2.45) is 5.92 Å². The zero-order valence-electron chi connectivity index (χ0n) is 19.0. The highest BCUT2D eigenvalue weighted by atomic mass is 19.1. The zero-order chi connectivity index (χ0) is 24.9. The first-order chi connectivity index (χ1) is 16.8. The summed E-state index contributed by atoms with van der Waals surface area (Å²) < 4.78 is 32.4. The van der Waals surface area contributed by atoms with Crippen LogP contribution >= 0.6 is 0 Å². The topological polar surface area (TPSA) is 123 Å². The van der Waals surface area contributed by atoms with Gasteiger partial charge in [0.2, 0.25) is 11.9 Å². The van der Waals surface area contributed by atoms with Gasteiger partial charge >= 0.3 is 5.97 Å². The Kier molecular flexibility index (Phi) is 7.14. The quantitative estimate of drug-likeness (QED) is 0.513. The highest BCUT2D eigenvalue weighted by Crippen LogP contribution is 2.22. The van der Waals surface area contributed by atoms with Gasteiger partial charge in [0.25, 0.3) is 5.91 Å². The fourth-order valence-corrected chi connectivity index (χ4v) is 3.80. The average molecular weight is 482 g/mol. The largest absolute Gasteiger partial charge is 0.457 e. The van der Waals surface area contributed by atoms with E-state index in [-0.39, 0.29) is 43.0 Å². The van der Waals surface area contributed by atoms with Crippen molar-refractivity contribution < 1.29 is 23.1 Å². The van der Waals surface area contributed by atoms with Crippen LogP contribution in [0.2, 0.25) is 0 Å². The number of hydrogen-bond donors (Lipinski definition) is 2. The van der Waals surface area contributed by atoms with Crippen LogP contribution in [0.15, 0.2) is 42.5 Å². The van der Waals surface area contributed by atoms with Crippen molar-refractivity contribution in [1.82, 2.24) is 19.9 Å². The molecule has 0 radical (unpaired) electrons.